The first kappa shape index (κ1) is 90.1. The van der Waals surface area contributed by atoms with Gasteiger partial charge in [-0.15, -0.1) is 0 Å². The van der Waals surface area contributed by atoms with Crippen molar-refractivity contribution in [3.63, 3.8) is 0 Å². The number of hydrogen-bond acceptors (Lipinski definition) is 13. The van der Waals surface area contributed by atoms with Gasteiger partial charge in [0.25, 0.3) is 28.9 Å². The summed E-state index contributed by atoms with van der Waals surface area (Å²) in [6, 6.07) is 33.4. The minimum absolute atomic E-state index is 0. The minimum Gasteiger partial charge on any atom is -0.512 e. The third-order valence-electron chi connectivity index (χ3n) is 12.6. The van der Waals surface area contributed by atoms with Crippen LogP contribution in [0.25, 0.3) is 4.85 Å². The number of rotatable bonds is 13. The van der Waals surface area contributed by atoms with Gasteiger partial charge in [-0.05, 0) is 139 Å². The largest absolute Gasteiger partial charge is 1.00 e. The van der Waals surface area contributed by atoms with Crippen LogP contribution in [0.5, 0.6) is 11.5 Å². The van der Waals surface area contributed by atoms with Crippen molar-refractivity contribution in [1.29, 1.82) is 5.26 Å². The maximum atomic E-state index is 13.8. The number of nitrogen functional groups attached to an aromatic ring is 1. The van der Waals surface area contributed by atoms with Gasteiger partial charge < -0.3 is 64.7 Å². The van der Waals surface area contributed by atoms with Crippen molar-refractivity contribution in [2.75, 3.05) is 58.8 Å². The topological polar surface area (TPSA) is 273 Å². The number of benzene rings is 7. The third kappa shape index (κ3) is 31.1. The summed E-state index contributed by atoms with van der Waals surface area (Å²) >= 11 is 4.96. The molecule has 2 aliphatic carbocycles. The molecule has 0 unspecified atom stereocenters. The van der Waals surface area contributed by atoms with Crippen LogP contribution in [0.15, 0.2) is 140 Å². The number of carbonyl (C=O) groups is 6. The number of Topliss-reactive ketones (excluding diaryl/α,β-unsaturated/α-hetero) is 1. The van der Waals surface area contributed by atoms with E-state index in [2.05, 4.69) is 36.7 Å². The van der Waals surface area contributed by atoms with E-state index in [1.807, 2.05) is 48.5 Å². The number of carbonyl (C=O) groups excluding carboxylic acids is 6. The zero-order valence-electron chi connectivity index (χ0n) is 52.4. The molecule has 9 rings (SSSR count). The van der Waals surface area contributed by atoms with Crippen LogP contribution >= 0.6 is 25.1 Å². The number of methoxy groups -OCH3 is 2. The van der Waals surface area contributed by atoms with Crippen molar-refractivity contribution in [2.24, 2.45) is 5.73 Å². The van der Waals surface area contributed by atoms with Gasteiger partial charge >= 0.3 is 35.2 Å². The first-order chi connectivity index (χ1) is 43.4. The molecule has 95 heavy (non-hydrogen) atoms. The Labute approximate surface area is 587 Å². The van der Waals surface area contributed by atoms with Crippen molar-refractivity contribution < 1.29 is 101 Å². The predicted octanol–water partition coefficient (Wildman–Crippen LogP) is 9.49. The van der Waals surface area contributed by atoms with Crippen LogP contribution in [0.2, 0.25) is 0 Å². The Hall–Kier alpha value is -9.09. The van der Waals surface area contributed by atoms with Crippen LogP contribution in [-0.4, -0.2) is 91.1 Å². The molecule has 7 aromatic carbocycles. The number of anilines is 3. The van der Waals surface area contributed by atoms with Crippen LogP contribution in [0.3, 0.4) is 0 Å². The predicted molar refractivity (Wildman–Crippen MR) is 359 cm³/mol. The van der Waals surface area contributed by atoms with Gasteiger partial charge in [-0.2, -0.15) is 13.5 Å². The molecule has 0 aliphatic heterocycles. The summed E-state index contributed by atoms with van der Waals surface area (Å²) < 4.78 is 100. The Bertz CT molecular complexity index is 3560. The van der Waals surface area contributed by atoms with Crippen molar-refractivity contribution in [3.05, 3.63) is 237 Å². The van der Waals surface area contributed by atoms with Gasteiger partial charge in [0, 0.05) is 107 Å². The Balaban J connectivity index is -0.000000343. The number of hydrogen-bond donors (Lipinski definition) is 8. The quantitative estimate of drug-likeness (QED) is 0.0176. The molecular formula is C66H77BClF7N10NaO8S. The van der Waals surface area contributed by atoms with E-state index in [0.29, 0.717) is 48.1 Å². The monoisotopic (exact) mass is 1370 g/mol. The average molecular weight is 1380 g/mol. The molecule has 0 heterocycles. The number of nitrogens with one attached hydrogen (secondary N) is 6. The summed E-state index contributed by atoms with van der Waals surface area (Å²) in [5.74, 6) is -4.76. The van der Waals surface area contributed by atoms with Crippen molar-refractivity contribution in [3.8, 4) is 11.5 Å². The van der Waals surface area contributed by atoms with Crippen LogP contribution in [0.1, 0.15) is 112 Å². The second-order valence-electron chi connectivity index (χ2n) is 18.7. The van der Waals surface area contributed by atoms with Gasteiger partial charge in [-0.1, -0.05) is 31.7 Å². The second kappa shape index (κ2) is 47.7. The summed E-state index contributed by atoms with van der Waals surface area (Å²) in [6.07, 6.45) is 5.39. The molecule has 2 aliphatic rings. The smallest absolute Gasteiger partial charge is 0.512 e. The van der Waals surface area contributed by atoms with E-state index in [-0.39, 0.29) is 89.6 Å². The standard InChI is InChI=1S/C16H17FN2O2.C13H14FN3O.C8H7F2NO.C8H9FN2O.C8H11NO.C7H3ClF2O.C4H6O.CN.CH4.B.Na.H2S.2H2/c1-18-16(20)14-8-5-12(9-15(14)17)19-10-11-3-6-13(21-2)7-4-11;1-15-12(18)10-5-4-9(8-11(10)14)17-13(16-2)6-3-7-13;1-11-8(12)6-3-2-5(9)4-7(6)10;1-11-8(12)6-3-2-5(10)4-7(6)9;1-10-8-4-2-7(6-9)3-5-8;8-7(11)5-2-1-4(9)3-6(5)10;5-4-2-1-3-4;1-2;;;;;;/h3-9,19H,10H2,1-2H3,(H,18,20);4-5,8,17H,3,6-7H2,1H3,(H,15,18);2-4H,1H3,(H,11,12);2-4H,10H2,1H3,(H,11,12);2-5H,6,9H2,1H3;1-3H;1-3H2;;1H4;;;1H2;2*1H/q;;;;;;;-1;;;+1;;;/i;;;;;;;;;;;;1+2;1+1. The zero-order valence-corrected chi connectivity index (χ0v) is 56.1. The fourth-order valence-electron chi connectivity index (χ4n) is 7.24. The summed E-state index contributed by atoms with van der Waals surface area (Å²) in [6.45, 7) is 13.1. The van der Waals surface area contributed by atoms with Crippen LogP contribution < -0.4 is 82.4 Å². The van der Waals surface area contributed by atoms with Gasteiger partial charge in [0.15, 0.2) is 0 Å². The van der Waals surface area contributed by atoms with E-state index in [4.69, 9.17) is 50.9 Å². The number of nitrogens with zero attached hydrogens (tertiary/aromatic N) is 2. The normalized spacial score (nSPS) is 11.0. The number of ether oxygens (including phenoxy) is 2. The molecule has 18 nitrogen and oxygen atoms in total. The van der Waals surface area contributed by atoms with Crippen LogP contribution in [0.4, 0.5) is 47.8 Å². The van der Waals surface area contributed by atoms with Crippen molar-refractivity contribution in [1.82, 2.24) is 21.3 Å². The molecule has 2 fully saturated rings. The molecule has 2 saturated carbocycles. The molecule has 3 radical (unpaired) electrons. The minimum atomic E-state index is -0.940. The molecule has 10 N–H and O–H groups in total. The molecule has 0 spiro atoms. The van der Waals surface area contributed by atoms with Gasteiger partial charge in [-0.3, -0.25) is 33.6 Å². The van der Waals surface area contributed by atoms with E-state index >= 15 is 0 Å². The molecule has 29 heteroatoms. The van der Waals surface area contributed by atoms with E-state index in [0.717, 1.165) is 91.5 Å². The Morgan fingerprint density at radius 3 is 1.23 bits per heavy atom. The first-order valence-electron chi connectivity index (χ1n) is 27.1. The number of amides is 4. The first-order valence-corrected chi connectivity index (χ1v) is 27.5. The van der Waals surface area contributed by atoms with E-state index in [1.54, 1.807) is 26.4 Å². The molecule has 0 saturated heterocycles. The molecule has 4 amide bonds. The Morgan fingerprint density at radius 1 is 0.579 bits per heavy atom. The van der Waals surface area contributed by atoms with Crippen LogP contribution in [0, 0.1) is 59.1 Å². The Kier molecular flexibility index (Phi) is 45.3. The molecule has 0 bridgehead atoms. The van der Waals surface area contributed by atoms with Gasteiger partial charge in [0.05, 0.1) is 42.0 Å². The molecular weight excluding hydrogens is 1300 g/mol. The maximum absolute atomic E-state index is 13.8. The van der Waals surface area contributed by atoms with E-state index < -0.39 is 75.3 Å². The molecule has 505 valence electrons. The Morgan fingerprint density at radius 2 is 0.926 bits per heavy atom. The summed E-state index contributed by atoms with van der Waals surface area (Å²) in [4.78, 5) is 68.4. The molecule has 7 aromatic rings. The summed E-state index contributed by atoms with van der Waals surface area (Å²) in [7, 11) is 9.01. The van der Waals surface area contributed by atoms with Gasteiger partial charge in [-0.25, -0.2) is 37.3 Å². The van der Waals surface area contributed by atoms with E-state index in [9.17, 15) is 59.5 Å². The molecule has 0 atom stereocenters. The fraction of sp³-hybridized carbons (Fsp3) is 0.242. The number of halogens is 8. The maximum Gasteiger partial charge on any atom is 1.00 e. The second-order valence-corrected chi connectivity index (χ2v) is 19.1. The SMILES string of the molecule is C.CNC(=O)c1ccc(F)cc1F.CNC(=O)c1ccc(N)cc1F.CNC(=O)c1ccc(NCc2ccc(OC)cc2)cc1F.COc1ccc(CN)cc1.O=C(Cl)c1ccc(F)cc1F.O=C1CCC1.S.[2HH].[3HH].[B].[C-]#N.[C-]#[N+]C1(Nc2ccc(C(=O)NC)c(F)c2)CCC1.[Na+]. The van der Waals surface area contributed by atoms with Crippen molar-refractivity contribution >= 4 is 85.2 Å². The zero-order chi connectivity index (χ0) is 68.2. The summed E-state index contributed by atoms with van der Waals surface area (Å²) in [5.41, 5.74) is 13.3. The van der Waals surface area contributed by atoms with E-state index in [1.165, 1.54) is 64.6 Å². The van der Waals surface area contributed by atoms with Crippen LogP contribution in [-0.2, 0) is 17.9 Å². The number of nitrogens with two attached hydrogens (primary N) is 2. The van der Waals surface area contributed by atoms with Crippen molar-refractivity contribution in [2.45, 2.75) is 64.7 Å². The molecule has 0 aromatic heterocycles. The number of ketones is 1. The average Bonchev–Trinajstić information content (AvgIpc) is 0.812. The summed E-state index contributed by atoms with van der Waals surface area (Å²) in [5, 5.41) is 20.8. The third-order valence-corrected chi connectivity index (χ3v) is 12.8. The van der Waals surface area contributed by atoms with Gasteiger partial charge in [0.2, 0.25) is 0 Å². The van der Waals surface area contributed by atoms with Gasteiger partial charge in [0.1, 0.15) is 58.0 Å². The fourth-order valence-corrected chi connectivity index (χ4v) is 7.39.